The molecule has 1 aliphatic rings. The van der Waals surface area contributed by atoms with Crippen LogP contribution in [0.5, 0.6) is 5.75 Å². The van der Waals surface area contributed by atoms with Gasteiger partial charge in [0.15, 0.2) is 5.89 Å². The lowest BCUT2D eigenvalue weighted by molar-refractivity contribution is -0.142. The summed E-state index contributed by atoms with van der Waals surface area (Å²) in [6, 6.07) is 15.4. The van der Waals surface area contributed by atoms with Crippen LogP contribution in [0.15, 0.2) is 59.0 Å². The third-order valence-corrected chi connectivity index (χ3v) is 5.96. The zero-order valence-corrected chi connectivity index (χ0v) is 19.3. The minimum Gasteiger partial charge on any atom is -0.493 e. The third-order valence-electron chi connectivity index (χ3n) is 5.96. The number of carbonyl (C=O) groups excluding carboxylic acids is 1. The monoisotopic (exact) mass is 464 g/mol. The van der Waals surface area contributed by atoms with Crippen LogP contribution < -0.4 is 4.74 Å². The maximum Gasteiger partial charge on any atom is 0.411 e. The molecule has 0 saturated carbocycles. The molecule has 0 aliphatic carbocycles. The number of aliphatic carboxylic acids is 1. The standard InChI is InChI=1S/C26H28N2O6/c1-17-22(27-18(2)34-17)14-15-32-21-10-8-20(9-11-21)23-12-13-24(25(29)30)28(23)26(31)33-16-19-6-4-3-5-7-19/h3-11,23-24H,12-16H2,1-2H3,(H,29,30). The fourth-order valence-electron chi connectivity index (χ4n) is 4.28. The summed E-state index contributed by atoms with van der Waals surface area (Å²) in [4.78, 5) is 30.4. The summed E-state index contributed by atoms with van der Waals surface area (Å²) in [6.45, 7) is 4.24. The number of hydrogen-bond acceptors (Lipinski definition) is 6. The minimum absolute atomic E-state index is 0.0898. The number of likely N-dealkylation sites (tertiary alicyclic amines) is 1. The third kappa shape index (κ3) is 5.39. The lowest BCUT2D eigenvalue weighted by Gasteiger charge is -2.28. The van der Waals surface area contributed by atoms with E-state index in [0.717, 1.165) is 22.6 Å². The van der Waals surface area contributed by atoms with Gasteiger partial charge in [0.1, 0.15) is 24.2 Å². The Labute approximate surface area is 198 Å². The van der Waals surface area contributed by atoms with E-state index in [-0.39, 0.29) is 12.6 Å². The smallest absolute Gasteiger partial charge is 0.411 e. The summed E-state index contributed by atoms with van der Waals surface area (Å²) in [5.41, 5.74) is 2.57. The van der Waals surface area contributed by atoms with Gasteiger partial charge in [-0.3, -0.25) is 4.90 Å². The Morgan fingerprint density at radius 1 is 1.09 bits per heavy atom. The van der Waals surface area contributed by atoms with Crippen molar-refractivity contribution in [2.24, 2.45) is 0 Å². The molecule has 2 aromatic carbocycles. The highest BCUT2D eigenvalue weighted by molar-refractivity contribution is 5.81. The Kier molecular flexibility index (Phi) is 7.15. The number of amides is 1. The Morgan fingerprint density at radius 2 is 1.82 bits per heavy atom. The van der Waals surface area contributed by atoms with Gasteiger partial charge in [0, 0.05) is 13.3 Å². The number of carboxylic acids is 1. The number of aromatic nitrogens is 1. The lowest BCUT2D eigenvalue weighted by atomic mass is 10.0. The molecule has 1 aromatic heterocycles. The molecule has 3 aromatic rings. The van der Waals surface area contributed by atoms with Crippen molar-refractivity contribution in [3.05, 3.63) is 83.1 Å². The number of rotatable bonds is 8. The average molecular weight is 465 g/mol. The first-order chi connectivity index (χ1) is 16.4. The first-order valence-electron chi connectivity index (χ1n) is 11.3. The molecule has 1 amide bonds. The van der Waals surface area contributed by atoms with Crippen molar-refractivity contribution in [2.45, 2.75) is 51.8 Å². The summed E-state index contributed by atoms with van der Waals surface area (Å²) >= 11 is 0. The number of oxazole rings is 1. The molecule has 2 unspecified atom stereocenters. The predicted octanol–water partition coefficient (Wildman–Crippen LogP) is 4.84. The number of nitrogens with zero attached hydrogens (tertiary/aromatic N) is 2. The van der Waals surface area contributed by atoms with Crippen LogP contribution in [0.1, 0.15) is 47.4 Å². The van der Waals surface area contributed by atoms with Gasteiger partial charge >= 0.3 is 12.1 Å². The highest BCUT2D eigenvalue weighted by Gasteiger charge is 2.42. The molecule has 178 valence electrons. The quantitative estimate of drug-likeness (QED) is 0.509. The molecular formula is C26H28N2O6. The second-order valence-electron chi connectivity index (χ2n) is 8.30. The number of ether oxygens (including phenoxy) is 2. The summed E-state index contributed by atoms with van der Waals surface area (Å²) < 4.78 is 16.7. The van der Waals surface area contributed by atoms with Gasteiger partial charge in [-0.05, 0) is 43.0 Å². The van der Waals surface area contributed by atoms with Crippen molar-refractivity contribution in [1.82, 2.24) is 9.88 Å². The zero-order chi connectivity index (χ0) is 24.1. The van der Waals surface area contributed by atoms with Crippen LogP contribution in [0, 0.1) is 13.8 Å². The van der Waals surface area contributed by atoms with Gasteiger partial charge in [-0.2, -0.15) is 0 Å². The molecule has 1 fully saturated rings. The van der Waals surface area contributed by atoms with E-state index in [1.807, 2.05) is 68.4 Å². The number of benzene rings is 2. The van der Waals surface area contributed by atoms with Gasteiger partial charge in [-0.25, -0.2) is 14.6 Å². The van der Waals surface area contributed by atoms with Crippen LogP contribution in [-0.2, 0) is 22.6 Å². The molecule has 34 heavy (non-hydrogen) atoms. The Balaban J connectivity index is 1.40. The SMILES string of the molecule is Cc1nc(CCOc2ccc(C3CCC(C(=O)O)N3C(=O)OCc3ccccc3)cc2)c(C)o1. The summed E-state index contributed by atoms with van der Waals surface area (Å²) in [7, 11) is 0. The highest BCUT2D eigenvalue weighted by Crippen LogP contribution is 2.37. The molecule has 2 atom stereocenters. The van der Waals surface area contributed by atoms with E-state index >= 15 is 0 Å². The van der Waals surface area contributed by atoms with Crippen LogP contribution in [0.4, 0.5) is 4.79 Å². The largest absolute Gasteiger partial charge is 0.493 e. The number of aryl methyl sites for hydroxylation is 2. The van der Waals surface area contributed by atoms with Gasteiger partial charge in [-0.1, -0.05) is 42.5 Å². The van der Waals surface area contributed by atoms with Crippen LogP contribution >= 0.6 is 0 Å². The number of carbonyl (C=O) groups is 2. The maximum absolute atomic E-state index is 12.9. The zero-order valence-electron chi connectivity index (χ0n) is 19.3. The topological polar surface area (TPSA) is 102 Å². The van der Waals surface area contributed by atoms with Crippen molar-refractivity contribution in [3.63, 3.8) is 0 Å². The van der Waals surface area contributed by atoms with Crippen molar-refractivity contribution >= 4 is 12.1 Å². The fourth-order valence-corrected chi connectivity index (χ4v) is 4.28. The Morgan fingerprint density at radius 3 is 2.47 bits per heavy atom. The van der Waals surface area contributed by atoms with Gasteiger partial charge < -0.3 is 19.0 Å². The molecular weight excluding hydrogens is 436 g/mol. The summed E-state index contributed by atoms with van der Waals surface area (Å²) in [6.07, 6.45) is 0.921. The summed E-state index contributed by atoms with van der Waals surface area (Å²) in [5, 5.41) is 9.66. The molecule has 2 heterocycles. The van der Waals surface area contributed by atoms with E-state index in [4.69, 9.17) is 13.9 Å². The molecule has 8 heteroatoms. The van der Waals surface area contributed by atoms with E-state index in [1.54, 1.807) is 0 Å². The van der Waals surface area contributed by atoms with Crippen molar-refractivity contribution in [3.8, 4) is 5.75 Å². The lowest BCUT2D eigenvalue weighted by Crippen LogP contribution is -2.42. The molecule has 8 nitrogen and oxygen atoms in total. The average Bonchev–Trinajstić information content (AvgIpc) is 3.42. The van der Waals surface area contributed by atoms with Crippen LogP contribution in [-0.4, -0.2) is 39.7 Å². The molecule has 0 bridgehead atoms. The number of carboxylic acid groups (broad SMARTS) is 1. The predicted molar refractivity (Wildman–Crippen MR) is 123 cm³/mol. The second-order valence-corrected chi connectivity index (χ2v) is 8.30. The Bertz CT molecular complexity index is 1130. The maximum atomic E-state index is 12.9. The van der Waals surface area contributed by atoms with Crippen molar-refractivity contribution in [2.75, 3.05) is 6.61 Å². The minimum atomic E-state index is -1.03. The molecule has 0 radical (unpaired) electrons. The number of hydrogen-bond donors (Lipinski definition) is 1. The van der Waals surface area contributed by atoms with E-state index < -0.39 is 18.1 Å². The first kappa shape index (κ1) is 23.4. The summed E-state index contributed by atoms with van der Waals surface area (Å²) in [5.74, 6) is 1.09. The highest BCUT2D eigenvalue weighted by atomic mass is 16.6. The van der Waals surface area contributed by atoms with Crippen LogP contribution in [0.3, 0.4) is 0 Å². The van der Waals surface area contributed by atoms with E-state index in [2.05, 4.69) is 4.98 Å². The molecule has 1 saturated heterocycles. The molecule has 1 aliphatic heterocycles. The first-order valence-corrected chi connectivity index (χ1v) is 11.3. The molecule has 1 N–H and O–H groups in total. The van der Waals surface area contributed by atoms with E-state index in [9.17, 15) is 14.7 Å². The van der Waals surface area contributed by atoms with Gasteiger partial charge in [0.25, 0.3) is 0 Å². The van der Waals surface area contributed by atoms with Crippen LogP contribution in [0.25, 0.3) is 0 Å². The van der Waals surface area contributed by atoms with Crippen LogP contribution in [0.2, 0.25) is 0 Å². The van der Waals surface area contributed by atoms with E-state index in [1.165, 1.54) is 4.90 Å². The fraction of sp³-hybridized carbons (Fsp3) is 0.346. The van der Waals surface area contributed by atoms with Gasteiger partial charge in [0.05, 0.1) is 18.3 Å². The second kappa shape index (κ2) is 10.4. The molecule has 0 spiro atoms. The van der Waals surface area contributed by atoms with Crippen molar-refractivity contribution < 1.29 is 28.6 Å². The Hall–Kier alpha value is -3.81. The van der Waals surface area contributed by atoms with Gasteiger partial charge in [0.2, 0.25) is 0 Å². The van der Waals surface area contributed by atoms with Crippen molar-refractivity contribution in [1.29, 1.82) is 0 Å². The van der Waals surface area contributed by atoms with E-state index in [0.29, 0.717) is 37.5 Å². The normalized spacial score (nSPS) is 17.5. The molecule has 4 rings (SSSR count). The van der Waals surface area contributed by atoms with Gasteiger partial charge in [-0.15, -0.1) is 0 Å².